The Labute approximate surface area is 172 Å². The molecule has 2 unspecified atom stereocenters. The zero-order valence-electron chi connectivity index (χ0n) is 15.2. The highest BCUT2D eigenvalue weighted by molar-refractivity contribution is 6.36. The van der Waals surface area contributed by atoms with Crippen LogP contribution in [0.1, 0.15) is 40.3 Å². The number of carbonyl (C=O) groups is 1. The fraction of sp³-hybridized carbons (Fsp3) is 0.263. The average Bonchev–Trinajstić information content (AvgIpc) is 3.34. The number of rotatable bonds is 4. The highest BCUT2D eigenvalue weighted by atomic mass is 35.5. The molecule has 3 heterocycles. The van der Waals surface area contributed by atoms with Crippen LogP contribution in [-0.4, -0.2) is 21.9 Å². The minimum atomic E-state index is -4.61. The van der Waals surface area contributed by atoms with Gasteiger partial charge in [-0.05, 0) is 29.8 Å². The van der Waals surface area contributed by atoms with Crippen LogP contribution in [0.5, 0.6) is 0 Å². The number of alkyl halides is 3. The lowest BCUT2D eigenvalue weighted by Crippen LogP contribution is -2.35. The monoisotopic (exact) mass is 442 g/mol. The first-order valence-corrected chi connectivity index (χ1v) is 9.29. The van der Waals surface area contributed by atoms with Crippen molar-refractivity contribution in [2.45, 2.75) is 31.2 Å². The molecule has 1 aromatic carbocycles. The van der Waals surface area contributed by atoms with Crippen molar-refractivity contribution in [3.05, 3.63) is 70.5 Å². The summed E-state index contributed by atoms with van der Waals surface area (Å²) in [6.45, 7) is 0.0305. The maximum absolute atomic E-state index is 13.7. The molecular formula is C19H15ClF4N4O2. The number of amides is 1. The van der Waals surface area contributed by atoms with E-state index < -0.39 is 30.0 Å². The molecule has 0 bridgehead atoms. The molecule has 1 aliphatic rings. The maximum atomic E-state index is 13.7. The zero-order chi connectivity index (χ0) is 21.5. The summed E-state index contributed by atoms with van der Waals surface area (Å²) in [6.07, 6.45) is -3.63. The Morgan fingerprint density at radius 1 is 1.30 bits per heavy atom. The van der Waals surface area contributed by atoms with E-state index in [0.29, 0.717) is 16.0 Å². The Morgan fingerprint density at radius 3 is 2.67 bits per heavy atom. The first kappa shape index (κ1) is 20.3. The molecule has 1 amide bonds. The Balaban J connectivity index is 1.61. The molecule has 30 heavy (non-hydrogen) atoms. The van der Waals surface area contributed by atoms with Crippen molar-refractivity contribution in [2.75, 3.05) is 5.32 Å². The van der Waals surface area contributed by atoms with Gasteiger partial charge in [0.25, 0.3) is 5.91 Å². The molecule has 0 saturated heterocycles. The Kier molecular flexibility index (Phi) is 5.19. The van der Waals surface area contributed by atoms with Crippen LogP contribution in [0, 0.1) is 5.82 Å². The number of hydrogen-bond acceptors (Lipinski definition) is 4. The minimum Gasteiger partial charge on any atom is -0.467 e. The fourth-order valence-corrected chi connectivity index (χ4v) is 3.54. The average molecular weight is 443 g/mol. The van der Waals surface area contributed by atoms with Crippen molar-refractivity contribution < 1.29 is 26.8 Å². The Hall–Kier alpha value is -3.01. The van der Waals surface area contributed by atoms with Crippen molar-refractivity contribution in [3.8, 4) is 0 Å². The van der Waals surface area contributed by atoms with Crippen molar-refractivity contribution in [1.29, 1.82) is 0 Å². The molecule has 0 saturated carbocycles. The molecule has 2 N–H and O–H groups in total. The lowest BCUT2D eigenvalue weighted by Gasteiger charge is -2.32. The first-order valence-electron chi connectivity index (χ1n) is 8.91. The van der Waals surface area contributed by atoms with Crippen molar-refractivity contribution in [2.24, 2.45) is 0 Å². The number of furan rings is 1. The molecule has 2 aromatic heterocycles. The van der Waals surface area contributed by atoms with Gasteiger partial charge in [-0.3, -0.25) is 4.79 Å². The molecule has 6 nitrogen and oxygen atoms in total. The summed E-state index contributed by atoms with van der Waals surface area (Å²) in [4.78, 5) is 12.5. The first-order chi connectivity index (χ1) is 14.2. The highest BCUT2D eigenvalue weighted by Gasteiger charge is 2.48. The SMILES string of the molecule is O=C(NCc1ccc(F)cc1)c1nn2c(c1Cl)NC(c1ccco1)CC2C(F)(F)F. The minimum absolute atomic E-state index is 0.0305. The number of fused-ring (bicyclic) bond motifs is 1. The molecule has 0 radical (unpaired) electrons. The van der Waals surface area contributed by atoms with Crippen molar-refractivity contribution in [3.63, 3.8) is 0 Å². The predicted octanol–water partition coefficient (Wildman–Crippen LogP) is 4.86. The van der Waals surface area contributed by atoms with Crippen LogP contribution >= 0.6 is 11.6 Å². The molecule has 2 atom stereocenters. The van der Waals surface area contributed by atoms with Gasteiger partial charge in [0.1, 0.15) is 22.4 Å². The van der Waals surface area contributed by atoms with Crippen molar-refractivity contribution in [1.82, 2.24) is 15.1 Å². The van der Waals surface area contributed by atoms with Crippen molar-refractivity contribution >= 4 is 23.3 Å². The summed E-state index contributed by atoms with van der Waals surface area (Å²) >= 11 is 6.23. The van der Waals surface area contributed by atoms with E-state index >= 15 is 0 Å². The van der Waals surface area contributed by atoms with Crippen LogP contribution in [0.2, 0.25) is 5.02 Å². The van der Waals surface area contributed by atoms with Gasteiger partial charge in [-0.15, -0.1) is 0 Å². The number of nitrogens with zero attached hydrogens (tertiary/aromatic N) is 2. The van der Waals surface area contributed by atoms with E-state index in [9.17, 15) is 22.4 Å². The normalized spacial score (nSPS) is 18.6. The number of nitrogens with one attached hydrogen (secondary N) is 2. The summed E-state index contributed by atoms with van der Waals surface area (Å²) < 4.78 is 60.0. The lowest BCUT2D eigenvalue weighted by molar-refractivity contribution is -0.174. The number of halogens is 5. The third-order valence-electron chi connectivity index (χ3n) is 4.76. The Bertz CT molecular complexity index is 1050. The molecule has 158 valence electrons. The van der Waals surface area contributed by atoms with Gasteiger partial charge in [-0.1, -0.05) is 23.7 Å². The standard InChI is InChI=1S/C19H15ClF4N4O2/c20-15-16(18(29)25-9-10-3-5-11(21)6-4-10)27-28-14(19(22,23)24)8-12(26-17(15)28)13-2-1-7-30-13/h1-7,12,14,26H,8-9H2,(H,25,29). The molecule has 0 spiro atoms. The van der Waals surface area contributed by atoms with Gasteiger partial charge in [0, 0.05) is 13.0 Å². The maximum Gasteiger partial charge on any atom is 0.410 e. The summed E-state index contributed by atoms with van der Waals surface area (Å²) in [5.74, 6) is -0.970. The number of carbonyl (C=O) groups excluding carboxylic acids is 1. The number of aromatic nitrogens is 2. The second kappa shape index (κ2) is 7.67. The second-order valence-corrected chi connectivity index (χ2v) is 7.15. The van der Waals surface area contributed by atoms with Gasteiger partial charge in [0.2, 0.25) is 0 Å². The molecule has 3 aromatic rings. The Morgan fingerprint density at radius 2 is 2.03 bits per heavy atom. The fourth-order valence-electron chi connectivity index (χ4n) is 3.28. The highest BCUT2D eigenvalue weighted by Crippen LogP contribution is 2.46. The quantitative estimate of drug-likeness (QED) is 0.566. The zero-order valence-corrected chi connectivity index (χ0v) is 16.0. The molecular weight excluding hydrogens is 428 g/mol. The lowest BCUT2D eigenvalue weighted by atomic mass is 10.0. The van der Waals surface area contributed by atoms with Crippen LogP contribution in [0.15, 0.2) is 47.1 Å². The molecule has 0 fully saturated rings. The third kappa shape index (κ3) is 3.87. The summed E-state index contributed by atoms with van der Waals surface area (Å²) in [7, 11) is 0. The summed E-state index contributed by atoms with van der Waals surface area (Å²) in [5, 5.41) is 9.02. The van der Waals surface area contributed by atoms with Gasteiger partial charge in [0.15, 0.2) is 11.7 Å². The van der Waals surface area contributed by atoms with Crippen LogP contribution in [0.3, 0.4) is 0 Å². The van der Waals surface area contributed by atoms with E-state index in [0.717, 1.165) is 0 Å². The van der Waals surface area contributed by atoms with Gasteiger partial charge in [-0.25, -0.2) is 9.07 Å². The molecule has 0 aliphatic carbocycles. The van der Waals surface area contributed by atoms with Crippen LogP contribution in [0.4, 0.5) is 23.4 Å². The van der Waals surface area contributed by atoms with Crippen LogP contribution in [0.25, 0.3) is 0 Å². The summed E-state index contributed by atoms with van der Waals surface area (Å²) in [5.41, 5.74) is 0.268. The topological polar surface area (TPSA) is 72.1 Å². The van der Waals surface area contributed by atoms with E-state index in [-0.39, 0.29) is 29.5 Å². The number of hydrogen-bond donors (Lipinski definition) is 2. The summed E-state index contributed by atoms with van der Waals surface area (Å²) in [6, 6.07) is 5.77. The number of anilines is 1. The third-order valence-corrected chi connectivity index (χ3v) is 5.12. The van der Waals surface area contributed by atoms with Gasteiger partial charge in [0.05, 0.1) is 12.3 Å². The van der Waals surface area contributed by atoms with E-state index in [1.54, 1.807) is 12.1 Å². The second-order valence-electron chi connectivity index (χ2n) is 6.77. The van der Waals surface area contributed by atoms with E-state index in [4.69, 9.17) is 16.0 Å². The molecule has 4 rings (SSSR count). The predicted molar refractivity (Wildman–Crippen MR) is 99.6 cm³/mol. The van der Waals surface area contributed by atoms with Crippen LogP contribution in [-0.2, 0) is 6.54 Å². The largest absolute Gasteiger partial charge is 0.467 e. The van der Waals surface area contributed by atoms with Gasteiger partial charge in [-0.2, -0.15) is 18.3 Å². The smallest absolute Gasteiger partial charge is 0.410 e. The van der Waals surface area contributed by atoms with Gasteiger partial charge >= 0.3 is 6.18 Å². The molecule has 11 heteroatoms. The van der Waals surface area contributed by atoms with E-state index in [1.165, 1.54) is 30.5 Å². The molecule has 1 aliphatic heterocycles. The number of benzene rings is 1. The van der Waals surface area contributed by atoms with E-state index in [2.05, 4.69) is 15.7 Å². The van der Waals surface area contributed by atoms with Crippen LogP contribution < -0.4 is 10.6 Å². The van der Waals surface area contributed by atoms with E-state index in [1.807, 2.05) is 0 Å². The van der Waals surface area contributed by atoms with Gasteiger partial charge < -0.3 is 15.1 Å².